The summed E-state index contributed by atoms with van der Waals surface area (Å²) < 4.78 is 97.3. The molecule has 0 bridgehead atoms. The van der Waals surface area contributed by atoms with Crippen molar-refractivity contribution in [3.8, 4) is 12.1 Å². The van der Waals surface area contributed by atoms with Crippen molar-refractivity contribution in [1.29, 1.82) is 10.5 Å². The molecule has 0 fully saturated rings. The number of carbonyl (C=O) groups excluding carboxylic acids is 6. The molecule has 2 atom stereocenters. The van der Waals surface area contributed by atoms with Crippen molar-refractivity contribution in [3.05, 3.63) is 225 Å². The van der Waals surface area contributed by atoms with E-state index in [1.54, 1.807) is 60.7 Å². The van der Waals surface area contributed by atoms with Crippen LogP contribution in [0.15, 0.2) is 180 Å². The van der Waals surface area contributed by atoms with Crippen LogP contribution in [0.4, 0.5) is 47.3 Å². The normalized spacial score (nSPS) is 15.8. The first-order valence-electron chi connectivity index (χ1n) is 26.9. The van der Waals surface area contributed by atoms with Crippen molar-refractivity contribution in [1.82, 2.24) is 20.4 Å². The van der Waals surface area contributed by atoms with Crippen LogP contribution in [0.5, 0.6) is 0 Å². The number of benzene rings is 6. The van der Waals surface area contributed by atoms with Crippen LogP contribution in [0.3, 0.4) is 0 Å². The summed E-state index contributed by atoms with van der Waals surface area (Å²) in [6, 6.07) is 36.6. The molecule has 87 heavy (non-hydrogen) atoms. The number of amides is 6. The van der Waals surface area contributed by atoms with Gasteiger partial charge in [-0.3, -0.25) is 0 Å². The summed E-state index contributed by atoms with van der Waals surface area (Å²) in [5, 5.41) is 24.9. The van der Waals surface area contributed by atoms with Gasteiger partial charge in [0, 0.05) is 0 Å². The van der Waals surface area contributed by atoms with Gasteiger partial charge in [-0.2, -0.15) is 36.9 Å². The number of esters is 2. The van der Waals surface area contributed by atoms with Crippen LogP contribution in [0.25, 0.3) is 0 Å². The summed E-state index contributed by atoms with van der Waals surface area (Å²) in [6.45, 7) is 1.11. The second kappa shape index (κ2) is 27.3. The molecule has 2 heterocycles. The summed E-state index contributed by atoms with van der Waals surface area (Å²) in [4.78, 5) is 94.8. The Morgan fingerprint density at radius 1 is 0.529 bits per heavy atom. The van der Waals surface area contributed by atoms with Gasteiger partial charge in [0.2, 0.25) is 0 Å². The van der Waals surface area contributed by atoms with Crippen LogP contribution >= 0.6 is 0 Å². The molecule has 6 amide bonds. The average molecular weight is 1310 g/mol. The molecule has 0 saturated heterocycles. The van der Waals surface area contributed by atoms with Gasteiger partial charge < -0.3 is 0 Å². The Morgan fingerprint density at radius 3 is 1.22 bits per heavy atom. The fourth-order valence-corrected chi connectivity index (χ4v) is 14.0. The molecule has 0 aliphatic carbocycles. The van der Waals surface area contributed by atoms with Crippen LogP contribution in [-0.4, -0.2) is 90.5 Å². The summed E-state index contributed by atoms with van der Waals surface area (Å²) in [6.07, 6.45) is -9.62. The van der Waals surface area contributed by atoms with E-state index >= 15 is 0 Å². The minimum absolute atomic E-state index is 0.0632. The molecular formula is C64H58F6IN8O8-. The number of nitrogens with one attached hydrogen (secondary N) is 2. The van der Waals surface area contributed by atoms with E-state index in [1.165, 1.54) is 74.5 Å². The van der Waals surface area contributed by atoms with E-state index in [0.717, 1.165) is 56.0 Å². The molecule has 0 saturated carbocycles. The van der Waals surface area contributed by atoms with Crippen molar-refractivity contribution in [2.24, 2.45) is 0 Å². The van der Waals surface area contributed by atoms with Gasteiger partial charge in [-0.15, -0.1) is 0 Å². The quantitative estimate of drug-likeness (QED) is 0.0328. The van der Waals surface area contributed by atoms with E-state index in [2.05, 4.69) is 10.6 Å². The van der Waals surface area contributed by atoms with Crippen molar-refractivity contribution < 1.29 is 83.0 Å². The average Bonchev–Trinajstić information content (AvgIpc) is 0.902. The molecule has 2 N–H and O–H groups in total. The number of allylic oxidation sites excluding steroid dienone is 2. The third-order valence-corrected chi connectivity index (χ3v) is 21.3. The molecule has 23 heteroatoms. The van der Waals surface area contributed by atoms with Gasteiger partial charge in [0.05, 0.1) is 0 Å². The van der Waals surface area contributed by atoms with Gasteiger partial charge in [-0.25, -0.2) is 0 Å². The van der Waals surface area contributed by atoms with E-state index in [9.17, 15) is 65.6 Å². The van der Waals surface area contributed by atoms with Crippen LogP contribution in [0.1, 0.15) is 70.4 Å². The Balaban J connectivity index is 0.998. The Labute approximate surface area is 501 Å². The minimum atomic E-state index is -4.81. The molecule has 0 radical (unpaired) electrons. The van der Waals surface area contributed by atoms with Crippen molar-refractivity contribution in [3.63, 3.8) is 0 Å². The summed E-state index contributed by atoms with van der Waals surface area (Å²) in [7, 11) is 0. The van der Waals surface area contributed by atoms with E-state index in [4.69, 9.17) is 9.47 Å². The molecule has 8 rings (SSSR count). The zero-order valence-electron chi connectivity index (χ0n) is 47.4. The number of halogens is 7. The maximum absolute atomic E-state index is 14.8. The topological polar surface area (TPSA) is 205 Å². The SMILES string of the molecule is CC1=C(C(=O)OCc2ccccc2)[C@@H](c2ccc(C#N)cc2)N(CC(=O)NCC[I-](C)(C)CCNC(=O)CN2C(=O)N(c3cccc(C(F)(F)F)c3)C(C)=C(C(=O)OCc3ccccc3)[C@H]2c2ccc(C#N)cc2)C(=O)N1c1cccc(C(F)(F)F)c1. The molecule has 0 unspecified atom stereocenters. The number of nitrogens with zero attached hydrogens (tertiary/aromatic N) is 6. The van der Waals surface area contributed by atoms with Crippen molar-refractivity contribution >= 4 is 47.2 Å². The Morgan fingerprint density at radius 2 is 0.885 bits per heavy atom. The first-order valence-corrected chi connectivity index (χ1v) is 34.3. The first kappa shape index (κ1) is 63.5. The summed E-state index contributed by atoms with van der Waals surface area (Å²) in [5.74, 6) is -3.24. The fourth-order valence-electron chi connectivity index (χ4n) is 9.98. The van der Waals surface area contributed by atoms with Gasteiger partial charge in [-0.05, 0) is 0 Å². The second-order valence-electron chi connectivity index (χ2n) is 20.7. The molecule has 2 aliphatic heterocycles. The zero-order chi connectivity index (χ0) is 62.8. The Hall–Kier alpha value is -9.49. The third-order valence-electron chi connectivity index (χ3n) is 14.4. The number of urea groups is 2. The molecule has 6 aromatic rings. The maximum atomic E-state index is 14.8. The number of anilines is 2. The summed E-state index contributed by atoms with van der Waals surface area (Å²) in [5.41, 5.74) is -0.785. The van der Waals surface area contributed by atoms with Crippen LogP contribution in [0, 0.1) is 22.7 Å². The van der Waals surface area contributed by atoms with Gasteiger partial charge >= 0.3 is 407 Å². The van der Waals surface area contributed by atoms with Crippen LogP contribution < -0.4 is 38.9 Å². The summed E-state index contributed by atoms with van der Waals surface area (Å²) >= 11 is -2.91. The van der Waals surface area contributed by atoms with Crippen LogP contribution in [-0.2, 0) is 54.2 Å². The number of nitriles is 2. The number of hydrogen-bond donors (Lipinski definition) is 2. The molecule has 6 aromatic carbocycles. The van der Waals surface area contributed by atoms with Crippen LogP contribution in [0.2, 0.25) is 0 Å². The number of hydrogen-bond acceptors (Lipinski definition) is 10. The van der Waals surface area contributed by atoms with E-state index in [-0.39, 0.29) is 71.3 Å². The fraction of sp³-hybridized carbons (Fsp3) is 0.250. The van der Waals surface area contributed by atoms with Gasteiger partial charge in [-0.1, -0.05) is 60.7 Å². The molecule has 2 aliphatic rings. The molecule has 452 valence electrons. The predicted octanol–water partition coefficient (Wildman–Crippen LogP) is 7.82. The number of carbonyl (C=O) groups is 6. The van der Waals surface area contributed by atoms with Gasteiger partial charge in [0.1, 0.15) is 0 Å². The van der Waals surface area contributed by atoms with Gasteiger partial charge in [0.15, 0.2) is 0 Å². The molecule has 0 spiro atoms. The second-order valence-corrected chi connectivity index (χ2v) is 32.2. The van der Waals surface area contributed by atoms with E-state index < -0.39 is 103 Å². The Bertz CT molecular complexity index is 3480. The Kier molecular flexibility index (Phi) is 19.9. The predicted molar refractivity (Wildman–Crippen MR) is 305 cm³/mol. The third kappa shape index (κ3) is 15.3. The molecule has 0 aromatic heterocycles. The van der Waals surface area contributed by atoms with E-state index in [0.29, 0.717) is 31.1 Å². The first-order chi connectivity index (χ1) is 41.4. The number of alkyl halides is 10. The van der Waals surface area contributed by atoms with Crippen molar-refractivity contribution in [2.75, 3.05) is 54.7 Å². The van der Waals surface area contributed by atoms with Gasteiger partial charge in [0.25, 0.3) is 0 Å². The number of rotatable bonds is 20. The standard InChI is InChI=1S/C64H58F6IN8O8/c1-41-55(59(82)86-39-45-13-7-5-8-14-45)57(47-25-21-43(35-72)22-26-47)76(61(84)78(41)51-19-11-17-49(33-51)63(65,66)67)37-53(80)74-31-29-71(3,4)30-32-75-54(81)38-77-58(48-27-23-44(36-73)24-28-48)56(60(83)87-40-46-15-9-6-10-16-46)42(2)79(62(77)85)52-20-12-18-50(34-52)64(68,69)70/h5-28,33-34,57-58H,29-32,37-40H2,1-4H3,(H,74,80)(H,75,81)/q-1/t57-,58-/m1/s1. The van der Waals surface area contributed by atoms with E-state index in [1.807, 2.05) is 22.0 Å². The number of ether oxygens (including phenoxy) is 2. The monoisotopic (exact) mass is 1310 g/mol. The molecular weight excluding hydrogens is 1250 g/mol. The zero-order valence-corrected chi connectivity index (χ0v) is 49.6. The van der Waals surface area contributed by atoms with Crippen molar-refractivity contribution in [2.45, 2.75) is 51.5 Å². The molecule has 16 nitrogen and oxygen atoms in total.